The fraction of sp³-hybridized carbons (Fsp3) is 0.700. The van der Waals surface area contributed by atoms with Gasteiger partial charge in [-0.2, -0.15) is 0 Å². The predicted octanol–water partition coefficient (Wildman–Crippen LogP) is 1.91. The molecule has 3 aliphatic rings. The van der Waals surface area contributed by atoms with Crippen molar-refractivity contribution in [1.29, 1.82) is 0 Å². The van der Waals surface area contributed by atoms with Crippen LogP contribution in [0.5, 0.6) is 0 Å². The van der Waals surface area contributed by atoms with Gasteiger partial charge in [0.05, 0.1) is 18.8 Å². The molecule has 1 atom stereocenters. The molecule has 1 spiro atoms. The van der Waals surface area contributed by atoms with Gasteiger partial charge in [0, 0.05) is 51.9 Å². The molecule has 0 aromatic heterocycles. The third-order valence-electron chi connectivity index (χ3n) is 5.73. The molecular formula is C20H31N3O. The van der Waals surface area contributed by atoms with E-state index in [0.29, 0.717) is 11.6 Å². The second-order valence-electron chi connectivity index (χ2n) is 8.37. The largest absolute Gasteiger partial charge is 0.378 e. The van der Waals surface area contributed by atoms with Crippen molar-refractivity contribution >= 4 is 0 Å². The number of fused-ring (bicyclic) bond motifs is 2. The number of hydrogen-bond acceptors (Lipinski definition) is 4. The number of benzene rings is 1. The molecule has 3 aliphatic heterocycles. The van der Waals surface area contributed by atoms with Gasteiger partial charge in [-0.05, 0) is 11.5 Å². The van der Waals surface area contributed by atoms with Crippen molar-refractivity contribution in [3.8, 4) is 0 Å². The highest BCUT2D eigenvalue weighted by Crippen LogP contribution is 2.36. The van der Waals surface area contributed by atoms with Gasteiger partial charge in [0.2, 0.25) is 0 Å². The third kappa shape index (κ3) is 3.25. The van der Waals surface area contributed by atoms with Gasteiger partial charge < -0.3 is 4.74 Å². The summed E-state index contributed by atoms with van der Waals surface area (Å²) in [6.07, 6.45) is 0. The predicted molar refractivity (Wildman–Crippen MR) is 97.0 cm³/mol. The van der Waals surface area contributed by atoms with E-state index >= 15 is 0 Å². The lowest BCUT2D eigenvalue weighted by atomic mass is 9.82. The number of ether oxygens (including phenoxy) is 1. The van der Waals surface area contributed by atoms with Crippen molar-refractivity contribution in [2.45, 2.75) is 32.0 Å². The molecule has 0 radical (unpaired) electrons. The fourth-order valence-corrected chi connectivity index (χ4v) is 4.98. The van der Waals surface area contributed by atoms with Crippen LogP contribution in [-0.2, 0) is 11.3 Å². The highest BCUT2D eigenvalue weighted by atomic mass is 16.5. The Kier molecular flexibility index (Phi) is 4.65. The molecule has 3 heterocycles. The summed E-state index contributed by atoms with van der Waals surface area (Å²) in [5.74, 6) is 0.756. The topological polar surface area (TPSA) is 19.0 Å². The summed E-state index contributed by atoms with van der Waals surface area (Å²) in [7, 11) is 0. The van der Waals surface area contributed by atoms with Gasteiger partial charge in [0.15, 0.2) is 0 Å². The SMILES string of the molecule is CC(C)CN1CC2(CN(Cc3ccccc3)CC3COCCN32)C1. The number of morpholine rings is 1. The van der Waals surface area contributed by atoms with Gasteiger partial charge in [0.1, 0.15) is 0 Å². The maximum Gasteiger partial charge on any atom is 0.0635 e. The first-order chi connectivity index (χ1) is 11.6. The molecule has 0 amide bonds. The number of piperazine rings is 1. The minimum atomic E-state index is 0.358. The van der Waals surface area contributed by atoms with E-state index in [9.17, 15) is 0 Å². The first-order valence-corrected chi connectivity index (χ1v) is 9.48. The minimum Gasteiger partial charge on any atom is -0.378 e. The standard InChI is InChI=1S/C20H31N3O/c1-17(2)10-22-15-20(16-22)14-21(11-18-6-4-3-5-7-18)12-19-13-24-9-8-23(19)20/h3-7,17,19H,8-16H2,1-2H3. The molecular weight excluding hydrogens is 298 g/mol. The second-order valence-corrected chi connectivity index (χ2v) is 8.37. The molecule has 4 rings (SSSR count). The van der Waals surface area contributed by atoms with E-state index in [1.807, 2.05) is 0 Å². The lowest BCUT2D eigenvalue weighted by Gasteiger charge is -2.63. The van der Waals surface area contributed by atoms with Crippen LogP contribution >= 0.6 is 0 Å². The van der Waals surface area contributed by atoms with E-state index in [4.69, 9.17) is 4.74 Å². The van der Waals surface area contributed by atoms with Crippen molar-refractivity contribution in [2.24, 2.45) is 5.92 Å². The number of rotatable bonds is 4. The van der Waals surface area contributed by atoms with Crippen LogP contribution in [0.2, 0.25) is 0 Å². The quantitative estimate of drug-likeness (QED) is 0.840. The zero-order valence-corrected chi connectivity index (χ0v) is 15.2. The van der Waals surface area contributed by atoms with Crippen molar-refractivity contribution in [2.75, 3.05) is 52.5 Å². The molecule has 3 fully saturated rings. The molecule has 0 saturated carbocycles. The summed E-state index contributed by atoms with van der Waals surface area (Å²) < 4.78 is 5.81. The maximum absolute atomic E-state index is 5.81. The summed E-state index contributed by atoms with van der Waals surface area (Å²) in [6, 6.07) is 11.5. The van der Waals surface area contributed by atoms with Crippen LogP contribution < -0.4 is 0 Å². The van der Waals surface area contributed by atoms with Gasteiger partial charge in [-0.15, -0.1) is 0 Å². The lowest BCUT2D eigenvalue weighted by molar-refractivity contribution is -0.168. The second kappa shape index (κ2) is 6.75. The summed E-state index contributed by atoms with van der Waals surface area (Å²) >= 11 is 0. The summed E-state index contributed by atoms with van der Waals surface area (Å²) in [6.45, 7) is 14.7. The first-order valence-electron chi connectivity index (χ1n) is 9.48. The first kappa shape index (κ1) is 16.5. The van der Waals surface area contributed by atoms with E-state index in [2.05, 4.69) is 58.9 Å². The molecule has 0 aliphatic carbocycles. The molecule has 4 heteroatoms. The van der Waals surface area contributed by atoms with Crippen LogP contribution in [0.3, 0.4) is 0 Å². The summed E-state index contributed by atoms with van der Waals surface area (Å²) in [5, 5.41) is 0. The summed E-state index contributed by atoms with van der Waals surface area (Å²) in [5.41, 5.74) is 1.78. The molecule has 0 bridgehead atoms. The number of nitrogens with zero attached hydrogens (tertiary/aromatic N) is 3. The normalized spacial score (nSPS) is 28.0. The lowest BCUT2D eigenvalue weighted by Crippen LogP contribution is -2.80. The van der Waals surface area contributed by atoms with Gasteiger partial charge >= 0.3 is 0 Å². The molecule has 1 unspecified atom stereocenters. The van der Waals surface area contributed by atoms with Gasteiger partial charge in [-0.25, -0.2) is 0 Å². The molecule has 0 N–H and O–H groups in total. The Morgan fingerprint density at radius 1 is 1.12 bits per heavy atom. The monoisotopic (exact) mass is 329 g/mol. The molecule has 132 valence electrons. The molecule has 1 aromatic rings. The average molecular weight is 329 g/mol. The Bertz CT molecular complexity index is 541. The zero-order chi connectivity index (χ0) is 16.6. The third-order valence-corrected chi connectivity index (χ3v) is 5.73. The van der Waals surface area contributed by atoms with Crippen LogP contribution in [0.25, 0.3) is 0 Å². The average Bonchev–Trinajstić information content (AvgIpc) is 2.54. The maximum atomic E-state index is 5.81. The van der Waals surface area contributed by atoms with Gasteiger partial charge in [-0.3, -0.25) is 14.7 Å². The van der Waals surface area contributed by atoms with Gasteiger partial charge in [-0.1, -0.05) is 44.2 Å². The van der Waals surface area contributed by atoms with Crippen LogP contribution in [0.1, 0.15) is 19.4 Å². The summed E-state index contributed by atoms with van der Waals surface area (Å²) in [4.78, 5) is 8.09. The number of hydrogen-bond donors (Lipinski definition) is 0. The van der Waals surface area contributed by atoms with E-state index in [0.717, 1.165) is 38.8 Å². The van der Waals surface area contributed by atoms with Gasteiger partial charge in [0.25, 0.3) is 0 Å². The highest BCUT2D eigenvalue weighted by molar-refractivity contribution is 5.17. The molecule has 4 nitrogen and oxygen atoms in total. The van der Waals surface area contributed by atoms with Crippen LogP contribution in [-0.4, -0.2) is 78.8 Å². The van der Waals surface area contributed by atoms with E-state index < -0.39 is 0 Å². The smallest absolute Gasteiger partial charge is 0.0635 e. The van der Waals surface area contributed by atoms with E-state index in [-0.39, 0.29) is 0 Å². The Morgan fingerprint density at radius 3 is 2.62 bits per heavy atom. The minimum absolute atomic E-state index is 0.358. The van der Waals surface area contributed by atoms with Crippen LogP contribution in [0, 0.1) is 5.92 Å². The zero-order valence-electron chi connectivity index (χ0n) is 15.2. The highest BCUT2D eigenvalue weighted by Gasteiger charge is 2.53. The van der Waals surface area contributed by atoms with Crippen molar-refractivity contribution in [3.63, 3.8) is 0 Å². The molecule has 1 aromatic carbocycles. The molecule has 3 saturated heterocycles. The Labute approximate surface area is 146 Å². The molecule has 24 heavy (non-hydrogen) atoms. The van der Waals surface area contributed by atoms with Crippen molar-refractivity contribution < 1.29 is 4.74 Å². The fourth-order valence-electron chi connectivity index (χ4n) is 4.98. The van der Waals surface area contributed by atoms with Crippen LogP contribution in [0.4, 0.5) is 0 Å². The van der Waals surface area contributed by atoms with Crippen molar-refractivity contribution in [1.82, 2.24) is 14.7 Å². The Balaban J connectivity index is 1.47. The Hall–Kier alpha value is -0.940. The van der Waals surface area contributed by atoms with Crippen LogP contribution in [0.15, 0.2) is 30.3 Å². The Morgan fingerprint density at radius 2 is 1.88 bits per heavy atom. The van der Waals surface area contributed by atoms with Crippen molar-refractivity contribution in [3.05, 3.63) is 35.9 Å². The van der Waals surface area contributed by atoms with E-state index in [1.165, 1.54) is 31.7 Å². The van der Waals surface area contributed by atoms with E-state index in [1.54, 1.807) is 0 Å². The number of likely N-dealkylation sites (tertiary alicyclic amines) is 1.